The molecule has 2 nitrogen and oxygen atoms in total. The van der Waals surface area contributed by atoms with Crippen LogP contribution in [0.3, 0.4) is 0 Å². The van der Waals surface area contributed by atoms with Crippen molar-refractivity contribution < 1.29 is 10.2 Å². The summed E-state index contributed by atoms with van der Waals surface area (Å²) in [6.45, 7) is 2.22. The third-order valence-electron chi connectivity index (χ3n) is 7.10. The molecule has 2 saturated carbocycles. The summed E-state index contributed by atoms with van der Waals surface area (Å²) >= 11 is 0. The summed E-state index contributed by atoms with van der Waals surface area (Å²) in [5, 5.41) is 20.6. The lowest BCUT2D eigenvalue weighted by Gasteiger charge is -2.52. The molecule has 22 heavy (non-hydrogen) atoms. The molecule has 3 aliphatic rings. The lowest BCUT2D eigenvalue weighted by molar-refractivity contribution is -0.0646. The second kappa shape index (κ2) is 4.52. The highest BCUT2D eigenvalue weighted by atomic mass is 16.3. The third kappa shape index (κ3) is 1.66. The van der Waals surface area contributed by atoms with Crippen LogP contribution in [0.4, 0.5) is 0 Å². The number of hydrogen-bond acceptors (Lipinski definition) is 2. The minimum atomic E-state index is -0.919. The summed E-state index contributed by atoms with van der Waals surface area (Å²) in [4.78, 5) is 0. The van der Waals surface area contributed by atoms with Crippen LogP contribution in [-0.2, 0) is 6.42 Å². The van der Waals surface area contributed by atoms with Crippen LogP contribution in [0, 0.1) is 29.6 Å². The van der Waals surface area contributed by atoms with Crippen LogP contribution >= 0.6 is 0 Å². The van der Waals surface area contributed by atoms with Gasteiger partial charge in [0, 0.05) is 5.41 Å². The number of hydrogen-bond donors (Lipinski definition) is 2. The highest BCUT2D eigenvalue weighted by Gasteiger charge is 2.61. The van der Waals surface area contributed by atoms with Gasteiger partial charge in [0.25, 0.3) is 0 Å². The van der Waals surface area contributed by atoms with Gasteiger partial charge in [-0.3, -0.25) is 0 Å². The molecule has 0 aromatic heterocycles. The van der Waals surface area contributed by atoms with E-state index in [0.29, 0.717) is 23.5 Å². The van der Waals surface area contributed by atoms with E-state index in [2.05, 4.69) is 18.9 Å². The van der Waals surface area contributed by atoms with Crippen LogP contribution in [0.15, 0.2) is 18.2 Å². The number of phenols is 1. The highest BCUT2D eigenvalue weighted by Crippen LogP contribution is 2.64. The Morgan fingerprint density at radius 1 is 1.23 bits per heavy atom. The van der Waals surface area contributed by atoms with Gasteiger partial charge in [0.15, 0.2) is 0 Å². The third-order valence-corrected chi connectivity index (χ3v) is 7.10. The van der Waals surface area contributed by atoms with Crippen LogP contribution in [0.5, 0.6) is 5.75 Å². The molecule has 4 rings (SSSR count). The normalized spacial score (nSPS) is 42.9. The first-order valence-electron chi connectivity index (χ1n) is 8.50. The Morgan fingerprint density at radius 2 is 2.05 bits per heavy atom. The van der Waals surface area contributed by atoms with Crippen LogP contribution in [-0.4, -0.2) is 15.8 Å². The van der Waals surface area contributed by atoms with Gasteiger partial charge in [-0.25, -0.2) is 0 Å². The van der Waals surface area contributed by atoms with E-state index in [-0.39, 0.29) is 5.41 Å². The molecule has 3 unspecified atom stereocenters. The van der Waals surface area contributed by atoms with Gasteiger partial charge in [0.1, 0.15) is 11.4 Å². The van der Waals surface area contributed by atoms with Crippen molar-refractivity contribution in [3.05, 3.63) is 29.3 Å². The van der Waals surface area contributed by atoms with Crippen molar-refractivity contribution in [2.24, 2.45) is 17.3 Å². The quantitative estimate of drug-likeness (QED) is 0.718. The Balaban J connectivity index is 1.72. The highest BCUT2D eigenvalue weighted by molar-refractivity contribution is 5.40. The minimum absolute atomic E-state index is 0.128. The zero-order valence-electron chi connectivity index (χ0n) is 13.2. The standard InChI is InChI=1S/C20H24O2/c1-3-20(22)11-9-18-17-6-4-13-12-14(21)5-7-15(13)16(17)8-10-19(18,20)2/h1,5,7,12,16-18,21-22H,4,6,8-11H2,2H3/t16?,17?,18?,19-,20-/m1/s1. The second-order valence-corrected chi connectivity index (χ2v) is 7.80. The molecular weight excluding hydrogens is 272 g/mol. The molecule has 1 aromatic carbocycles. The van der Waals surface area contributed by atoms with E-state index in [9.17, 15) is 10.2 Å². The predicted molar refractivity (Wildman–Crippen MR) is 86.5 cm³/mol. The average molecular weight is 296 g/mol. The fourth-order valence-electron chi connectivity index (χ4n) is 5.82. The van der Waals surface area contributed by atoms with Crippen molar-refractivity contribution in [2.75, 3.05) is 0 Å². The Morgan fingerprint density at radius 3 is 2.82 bits per heavy atom. The number of aryl methyl sites for hydroxylation is 1. The Hall–Kier alpha value is -1.46. The molecule has 2 N–H and O–H groups in total. The van der Waals surface area contributed by atoms with Gasteiger partial charge in [-0.2, -0.15) is 0 Å². The second-order valence-electron chi connectivity index (χ2n) is 7.80. The molecule has 0 heterocycles. The molecule has 5 atom stereocenters. The molecule has 0 spiro atoms. The van der Waals surface area contributed by atoms with Crippen LogP contribution < -0.4 is 0 Å². The van der Waals surface area contributed by atoms with E-state index in [1.807, 2.05) is 12.1 Å². The summed E-state index contributed by atoms with van der Waals surface area (Å²) in [5.41, 5.74) is 1.69. The van der Waals surface area contributed by atoms with Gasteiger partial charge in [-0.05, 0) is 79.5 Å². The van der Waals surface area contributed by atoms with Gasteiger partial charge in [0.05, 0.1) is 0 Å². The maximum absolute atomic E-state index is 10.9. The number of rotatable bonds is 0. The molecule has 2 fully saturated rings. The molecule has 1 aromatic rings. The van der Waals surface area contributed by atoms with Crippen molar-refractivity contribution >= 4 is 0 Å². The number of aliphatic hydroxyl groups is 1. The summed E-state index contributed by atoms with van der Waals surface area (Å²) in [6, 6.07) is 5.87. The summed E-state index contributed by atoms with van der Waals surface area (Å²) in [7, 11) is 0. The average Bonchev–Trinajstić information content (AvgIpc) is 2.79. The van der Waals surface area contributed by atoms with Gasteiger partial charge in [0.2, 0.25) is 0 Å². The number of terminal acetylenes is 1. The fraction of sp³-hybridized carbons (Fsp3) is 0.600. The lowest BCUT2D eigenvalue weighted by atomic mass is 9.53. The minimum Gasteiger partial charge on any atom is -0.508 e. The van der Waals surface area contributed by atoms with Crippen molar-refractivity contribution in [1.82, 2.24) is 0 Å². The Labute approximate surface area is 132 Å². The number of benzene rings is 1. The van der Waals surface area contributed by atoms with Crippen molar-refractivity contribution in [2.45, 2.75) is 57.0 Å². The van der Waals surface area contributed by atoms with E-state index in [1.54, 1.807) is 0 Å². The monoisotopic (exact) mass is 296 g/mol. The van der Waals surface area contributed by atoms with Gasteiger partial charge >= 0.3 is 0 Å². The smallest absolute Gasteiger partial charge is 0.130 e. The molecule has 0 amide bonds. The maximum atomic E-state index is 10.9. The van der Waals surface area contributed by atoms with Crippen molar-refractivity contribution in [1.29, 1.82) is 0 Å². The van der Waals surface area contributed by atoms with E-state index in [0.717, 1.165) is 38.5 Å². The molecule has 0 radical (unpaired) electrons. The van der Waals surface area contributed by atoms with Crippen LogP contribution in [0.2, 0.25) is 0 Å². The zero-order chi connectivity index (χ0) is 15.5. The molecular formula is C20H24O2. The van der Waals surface area contributed by atoms with Crippen molar-refractivity contribution in [3.63, 3.8) is 0 Å². The molecule has 0 aliphatic heterocycles. The number of aromatic hydroxyl groups is 1. The molecule has 116 valence electrons. The van der Waals surface area contributed by atoms with Crippen molar-refractivity contribution in [3.8, 4) is 18.1 Å². The van der Waals surface area contributed by atoms with Gasteiger partial charge < -0.3 is 10.2 Å². The first kappa shape index (κ1) is 14.2. The summed E-state index contributed by atoms with van der Waals surface area (Å²) in [5.74, 6) is 4.82. The molecule has 0 saturated heterocycles. The number of phenolic OH excluding ortho intramolecular Hbond substituents is 1. The Kier molecular flexibility index (Phi) is 2.91. The predicted octanol–water partition coefficient (Wildman–Crippen LogP) is 3.61. The van der Waals surface area contributed by atoms with E-state index in [1.165, 1.54) is 11.1 Å². The van der Waals surface area contributed by atoms with E-state index in [4.69, 9.17) is 6.42 Å². The largest absolute Gasteiger partial charge is 0.508 e. The first-order chi connectivity index (χ1) is 10.5. The van der Waals surface area contributed by atoms with Crippen LogP contribution in [0.1, 0.15) is 56.1 Å². The SMILES string of the molecule is C#C[C@@]1(O)CCC2C3CCc4cc(O)ccc4C3CC[C@]21C. The molecule has 2 heteroatoms. The van der Waals surface area contributed by atoms with Crippen LogP contribution in [0.25, 0.3) is 0 Å². The summed E-state index contributed by atoms with van der Waals surface area (Å²) < 4.78 is 0. The van der Waals surface area contributed by atoms with E-state index >= 15 is 0 Å². The Bertz CT molecular complexity index is 658. The molecule has 0 bridgehead atoms. The van der Waals surface area contributed by atoms with Gasteiger partial charge in [-0.1, -0.05) is 18.9 Å². The summed E-state index contributed by atoms with van der Waals surface area (Å²) in [6.07, 6.45) is 11.8. The fourth-order valence-corrected chi connectivity index (χ4v) is 5.82. The lowest BCUT2D eigenvalue weighted by Crippen LogP contribution is -2.50. The topological polar surface area (TPSA) is 40.5 Å². The maximum Gasteiger partial charge on any atom is 0.130 e. The zero-order valence-corrected chi connectivity index (χ0v) is 13.2. The van der Waals surface area contributed by atoms with Gasteiger partial charge in [-0.15, -0.1) is 6.42 Å². The van der Waals surface area contributed by atoms with E-state index < -0.39 is 5.60 Å². The molecule has 3 aliphatic carbocycles. The number of fused-ring (bicyclic) bond motifs is 5. The first-order valence-corrected chi connectivity index (χ1v) is 8.50.